The summed E-state index contributed by atoms with van der Waals surface area (Å²) >= 11 is 0. The second-order valence-corrected chi connectivity index (χ2v) is 7.17. The van der Waals surface area contributed by atoms with E-state index in [1.807, 2.05) is 0 Å². The summed E-state index contributed by atoms with van der Waals surface area (Å²) in [6.45, 7) is 17.2. The Labute approximate surface area is 165 Å². The predicted octanol–water partition coefficient (Wildman–Crippen LogP) is 6.10. The van der Waals surface area contributed by atoms with Crippen LogP contribution in [0.15, 0.2) is 12.2 Å². The molecule has 26 heavy (non-hydrogen) atoms. The average Bonchev–Trinajstić information content (AvgIpc) is 2.66. The van der Waals surface area contributed by atoms with Gasteiger partial charge in [-0.3, -0.25) is 9.80 Å². The lowest BCUT2D eigenvalue weighted by atomic mass is 10.1. The Balaban J connectivity index is 3.80. The molecule has 0 amide bonds. The van der Waals surface area contributed by atoms with Gasteiger partial charge in [-0.05, 0) is 45.4 Å². The molecule has 0 aromatic rings. The third-order valence-corrected chi connectivity index (χ3v) is 5.30. The third kappa shape index (κ3) is 12.9. The van der Waals surface area contributed by atoms with E-state index in [1.165, 1.54) is 51.4 Å². The summed E-state index contributed by atoms with van der Waals surface area (Å²) < 4.78 is 6.01. The van der Waals surface area contributed by atoms with Crippen LogP contribution in [0.2, 0.25) is 0 Å². The van der Waals surface area contributed by atoms with Crippen molar-refractivity contribution in [3.8, 4) is 0 Å². The van der Waals surface area contributed by atoms with E-state index in [0.717, 1.165) is 45.8 Å². The molecule has 0 aromatic heterocycles. The smallest absolute Gasteiger partial charge is 0.0863 e. The van der Waals surface area contributed by atoms with E-state index < -0.39 is 0 Å². The van der Waals surface area contributed by atoms with E-state index in [0.29, 0.717) is 6.17 Å². The number of likely N-dealkylation sites (N-methyl/N-ethyl adjacent to an activating group) is 2. The number of hydrogen-bond donors (Lipinski definition) is 0. The summed E-state index contributed by atoms with van der Waals surface area (Å²) in [5.41, 5.74) is 0. The van der Waals surface area contributed by atoms with Gasteiger partial charge in [-0.1, -0.05) is 85.3 Å². The van der Waals surface area contributed by atoms with Gasteiger partial charge in [0.1, 0.15) is 0 Å². The van der Waals surface area contributed by atoms with Crippen molar-refractivity contribution in [3.63, 3.8) is 0 Å². The van der Waals surface area contributed by atoms with Gasteiger partial charge in [0, 0.05) is 0 Å². The van der Waals surface area contributed by atoms with Gasteiger partial charge in [-0.2, -0.15) is 0 Å². The minimum Gasteiger partial charge on any atom is -0.378 e. The van der Waals surface area contributed by atoms with Crippen molar-refractivity contribution in [2.45, 2.75) is 98.6 Å². The molecular weight excluding hydrogens is 320 g/mol. The van der Waals surface area contributed by atoms with Crippen molar-refractivity contribution >= 4 is 0 Å². The molecule has 0 aliphatic carbocycles. The minimum absolute atomic E-state index is 0.414. The maximum atomic E-state index is 6.01. The highest BCUT2D eigenvalue weighted by atomic mass is 16.5. The monoisotopic (exact) mass is 368 g/mol. The van der Waals surface area contributed by atoms with E-state index in [2.05, 4.69) is 56.6 Å². The Hall–Kier alpha value is -0.380. The highest BCUT2D eigenvalue weighted by Gasteiger charge is 2.21. The van der Waals surface area contributed by atoms with E-state index in [-0.39, 0.29) is 0 Å². The summed E-state index contributed by atoms with van der Waals surface area (Å²) in [5, 5.41) is 0. The Kier molecular flexibility index (Phi) is 19.1. The molecular formula is C23H48N2O. The SMILES string of the molecule is CCCCCCCCCC=CCCOCC(N(CC)CC)N(CC)CC. The Morgan fingerprint density at radius 2 is 1.15 bits per heavy atom. The normalized spacial score (nSPS) is 12.3. The lowest BCUT2D eigenvalue weighted by molar-refractivity contribution is -0.0171. The first-order valence-corrected chi connectivity index (χ1v) is 11.5. The van der Waals surface area contributed by atoms with E-state index in [4.69, 9.17) is 4.74 Å². The van der Waals surface area contributed by atoms with E-state index in [9.17, 15) is 0 Å². The fourth-order valence-corrected chi connectivity index (χ4v) is 3.53. The van der Waals surface area contributed by atoms with Crippen molar-refractivity contribution in [1.29, 1.82) is 0 Å². The van der Waals surface area contributed by atoms with Gasteiger partial charge in [-0.25, -0.2) is 0 Å². The van der Waals surface area contributed by atoms with Gasteiger partial charge in [0.05, 0.1) is 19.4 Å². The second-order valence-electron chi connectivity index (χ2n) is 7.17. The molecule has 0 fully saturated rings. The van der Waals surface area contributed by atoms with Crippen LogP contribution in [0.4, 0.5) is 0 Å². The summed E-state index contributed by atoms with van der Waals surface area (Å²) in [6.07, 6.45) is 17.1. The van der Waals surface area contributed by atoms with E-state index in [1.54, 1.807) is 0 Å². The molecule has 0 bridgehead atoms. The van der Waals surface area contributed by atoms with Gasteiger partial charge in [0.15, 0.2) is 0 Å². The molecule has 0 unspecified atom stereocenters. The molecule has 0 aliphatic heterocycles. The summed E-state index contributed by atoms with van der Waals surface area (Å²) in [7, 11) is 0. The number of rotatable bonds is 19. The fraction of sp³-hybridized carbons (Fsp3) is 0.913. The molecule has 0 aromatic carbocycles. The first-order valence-electron chi connectivity index (χ1n) is 11.5. The van der Waals surface area contributed by atoms with Crippen LogP contribution in [0.3, 0.4) is 0 Å². The van der Waals surface area contributed by atoms with Crippen molar-refractivity contribution in [2.75, 3.05) is 39.4 Å². The molecule has 0 aliphatic rings. The molecule has 0 saturated heterocycles. The largest absolute Gasteiger partial charge is 0.378 e. The maximum Gasteiger partial charge on any atom is 0.0863 e. The standard InChI is InChI=1S/C23H48N2O/c1-6-11-12-13-14-15-16-17-18-19-20-21-26-22-23(24(7-2)8-3)25(9-4)10-5/h18-19,23H,6-17,20-22H2,1-5H3. The zero-order valence-corrected chi connectivity index (χ0v) is 18.6. The average molecular weight is 369 g/mol. The first kappa shape index (κ1) is 25.6. The zero-order chi connectivity index (χ0) is 19.5. The summed E-state index contributed by atoms with van der Waals surface area (Å²) in [4.78, 5) is 5.01. The van der Waals surface area contributed by atoms with Crippen LogP contribution in [0.1, 0.15) is 92.4 Å². The predicted molar refractivity (Wildman–Crippen MR) is 117 cm³/mol. The lowest BCUT2D eigenvalue weighted by Crippen LogP contribution is -2.51. The molecule has 3 nitrogen and oxygen atoms in total. The van der Waals surface area contributed by atoms with Crippen molar-refractivity contribution in [3.05, 3.63) is 12.2 Å². The molecule has 156 valence electrons. The molecule has 0 spiro atoms. The van der Waals surface area contributed by atoms with Gasteiger partial charge in [-0.15, -0.1) is 0 Å². The first-order chi connectivity index (χ1) is 12.7. The molecule has 0 heterocycles. The molecule has 0 atom stereocenters. The van der Waals surface area contributed by atoms with Gasteiger partial charge < -0.3 is 4.74 Å². The second kappa shape index (κ2) is 19.4. The molecule has 0 rings (SSSR count). The van der Waals surface area contributed by atoms with Gasteiger partial charge in [0.2, 0.25) is 0 Å². The number of nitrogens with zero attached hydrogens (tertiary/aromatic N) is 2. The Bertz CT molecular complexity index is 287. The van der Waals surface area contributed by atoms with Crippen LogP contribution in [-0.2, 0) is 4.74 Å². The zero-order valence-electron chi connectivity index (χ0n) is 18.6. The van der Waals surface area contributed by atoms with Crippen molar-refractivity contribution in [2.24, 2.45) is 0 Å². The van der Waals surface area contributed by atoms with E-state index >= 15 is 0 Å². The maximum absolute atomic E-state index is 6.01. The molecule has 0 N–H and O–H groups in total. The molecule has 0 radical (unpaired) electrons. The Morgan fingerprint density at radius 3 is 1.69 bits per heavy atom. The highest BCUT2D eigenvalue weighted by Crippen LogP contribution is 2.09. The van der Waals surface area contributed by atoms with Crippen LogP contribution in [-0.4, -0.2) is 55.4 Å². The minimum atomic E-state index is 0.414. The molecule has 3 heteroatoms. The van der Waals surface area contributed by atoms with Crippen LogP contribution >= 0.6 is 0 Å². The number of hydrogen-bond acceptors (Lipinski definition) is 3. The number of ether oxygens (including phenoxy) is 1. The number of allylic oxidation sites excluding steroid dienone is 1. The lowest BCUT2D eigenvalue weighted by Gasteiger charge is -2.37. The van der Waals surface area contributed by atoms with Crippen LogP contribution < -0.4 is 0 Å². The highest BCUT2D eigenvalue weighted by molar-refractivity contribution is 4.81. The quantitative estimate of drug-likeness (QED) is 0.156. The molecule has 0 saturated carbocycles. The van der Waals surface area contributed by atoms with Crippen molar-refractivity contribution in [1.82, 2.24) is 9.80 Å². The van der Waals surface area contributed by atoms with Crippen LogP contribution in [0.25, 0.3) is 0 Å². The van der Waals surface area contributed by atoms with Gasteiger partial charge in [0.25, 0.3) is 0 Å². The Morgan fingerprint density at radius 1 is 0.654 bits per heavy atom. The summed E-state index contributed by atoms with van der Waals surface area (Å²) in [5.74, 6) is 0. The number of unbranched alkanes of at least 4 members (excludes halogenated alkanes) is 7. The van der Waals surface area contributed by atoms with Crippen LogP contribution in [0, 0.1) is 0 Å². The summed E-state index contributed by atoms with van der Waals surface area (Å²) in [6, 6.07) is 0. The van der Waals surface area contributed by atoms with Crippen molar-refractivity contribution < 1.29 is 4.74 Å². The van der Waals surface area contributed by atoms with Crippen LogP contribution in [0.5, 0.6) is 0 Å². The van der Waals surface area contributed by atoms with Gasteiger partial charge >= 0.3 is 0 Å². The third-order valence-electron chi connectivity index (χ3n) is 5.30. The topological polar surface area (TPSA) is 15.7 Å². The fourth-order valence-electron chi connectivity index (χ4n) is 3.53.